The minimum Gasteiger partial charge on any atom is -0.377 e. The molecule has 0 amide bonds. The first kappa shape index (κ1) is 14.3. The smallest absolute Gasteiger partial charge is 0.0702 e. The summed E-state index contributed by atoms with van der Waals surface area (Å²) < 4.78 is 11.6. The van der Waals surface area contributed by atoms with E-state index < -0.39 is 0 Å². The van der Waals surface area contributed by atoms with Crippen LogP contribution in [-0.4, -0.2) is 55.5 Å². The summed E-state index contributed by atoms with van der Waals surface area (Å²) in [5, 5.41) is 0. The molecule has 4 heteroatoms. The van der Waals surface area contributed by atoms with Gasteiger partial charge < -0.3 is 15.2 Å². The summed E-state index contributed by atoms with van der Waals surface area (Å²) in [4.78, 5) is 2.42. The van der Waals surface area contributed by atoms with Crippen molar-refractivity contribution in [2.75, 3.05) is 33.4 Å². The molecular formula is C14H28N2O2. The number of likely N-dealkylation sites (N-methyl/N-ethyl adjacent to an activating group) is 1. The van der Waals surface area contributed by atoms with E-state index in [0.717, 1.165) is 32.6 Å². The first-order valence-corrected chi connectivity index (χ1v) is 7.14. The highest BCUT2D eigenvalue weighted by Gasteiger charge is 2.43. The van der Waals surface area contributed by atoms with Gasteiger partial charge in [0.1, 0.15) is 0 Å². The molecule has 4 nitrogen and oxygen atoms in total. The van der Waals surface area contributed by atoms with Gasteiger partial charge >= 0.3 is 0 Å². The summed E-state index contributed by atoms with van der Waals surface area (Å²) in [5.41, 5.74) is 6.11. The number of nitrogens with two attached hydrogens (primary N) is 1. The number of nitrogens with zero attached hydrogens (tertiary/aromatic N) is 1. The van der Waals surface area contributed by atoms with Crippen molar-refractivity contribution in [3.8, 4) is 0 Å². The Morgan fingerprint density at radius 1 is 1.33 bits per heavy atom. The monoisotopic (exact) mass is 256 g/mol. The molecule has 0 aromatic carbocycles. The average molecular weight is 256 g/mol. The molecule has 2 N–H and O–H groups in total. The third-order valence-corrected chi connectivity index (χ3v) is 4.51. The molecule has 2 aliphatic rings. The Bertz CT molecular complexity index is 277. The summed E-state index contributed by atoms with van der Waals surface area (Å²) in [6.45, 7) is 7.74. The summed E-state index contributed by atoms with van der Waals surface area (Å²) in [6, 6.07) is 0. The quantitative estimate of drug-likeness (QED) is 0.825. The van der Waals surface area contributed by atoms with Crippen LogP contribution in [0, 0.1) is 0 Å². The number of hydrogen-bond acceptors (Lipinski definition) is 4. The van der Waals surface area contributed by atoms with Crippen LogP contribution in [0.2, 0.25) is 0 Å². The van der Waals surface area contributed by atoms with E-state index in [1.54, 1.807) is 0 Å². The minimum absolute atomic E-state index is 0.0671. The standard InChI is InChI=1S/C14H28N2O2/c1-13(2)10-14(11-15,6-8-18-13)16(3)9-12-5-4-7-17-12/h12H,4-11,15H2,1-3H3. The Balaban J connectivity index is 2.01. The summed E-state index contributed by atoms with van der Waals surface area (Å²) >= 11 is 0. The molecule has 0 aliphatic carbocycles. The second-order valence-electron chi connectivity index (χ2n) is 6.48. The highest BCUT2D eigenvalue weighted by Crippen LogP contribution is 2.35. The first-order chi connectivity index (χ1) is 8.47. The molecule has 0 spiro atoms. The SMILES string of the molecule is CN(CC1CCCO1)C1(CN)CCOC(C)(C)C1. The van der Waals surface area contributed by atoms with Crippen LogP contribution in [0.15, 0.2) is 0 Å². The molecule has 0 aromatic rings. The molecule has 0 bridgehead atoms. The molecular weight excluding hydrogens is 228 g/mol. The lowest BCUT2D eigenvalue weighted by molar-refractivity contribution is -0.118. The van der Waals surface area contributed by atoms with Gasteiger partial charge in [-0.15, -0.1) is 0 Å². The van der Waals surface area contributed by atoms with Gasteiger partial charge in [-0.1, -0.05) is 0 Å². The predicted octanol–water partition coefficient (Wildman–Crippen LogP) is 1.38. The van der Waals surface area contributed by atoms with Crippen LogP contribution in [0.25, 0.3) is 0 Å². The maximum Gasteiger partial charge on any atom is 0.0702 e. The molecule has 2 aliphatic heterocycles. The van der Waals surface area contributed by atoms with E-state index in [9.17, 15) is 0 Å². The Labute approximate surface area is 111 Å². The number of hydrogen-bond donors (Lipinski definition) is 1. The Morgan fingerprint density at radius 3 is 2.67 bits per heavy atom. The van der Waals surface area contributed by atoms with Crippen molar-refractivity contribution in [2.45, 2.75) is 56.8 Å². The molecule has 2 rings (SSSR count). The molecule has 2 unspecified atom stereocenters. The minimum atomic E-state index is -0.0671. The van der Waals surface area contributed by atoms with E-state index in [1.807, 2.05) is 0 Å². The van der Waals surface area contributed by atoms with Gasteiger partial charge in [-0.25, -0.2) is 0 Å². The van der Waals surface area contributed by atoms with Crippen molar-refractivity contribution >= 4 is 0 Å². The number of rotatable bonds is 4. The molecule has 2 saturated heterocycles. The second-order valence-corrected chi connectivity index (χ2v) is 6.48. The summed E-state index contributed by atoms with van der Waals surface area (Å²) in [6.07, 6.45) is 4.80. The molecule has 0 aromatic heterocycles. The lowest BCUT2D eigenvalue weighted by Gasteiger charge is -2.50. The predicted molar refractivity (Wildman–Crippen MR) is 72.7 cm³/mol. The lowest BCUT2D eigenvalue weighted by atomic mass is 9.80. The molecule has 0 saturated carbocycles. The summed E-state index contributed by atoms with van der Waals surface area (Å²) in [7, 11) is 2.19. The Morgan fingerprint density at radius 2 is 2.11 bits per heavy atom. The van der Waals surface area contributed by atoms with Crippen LogP contribution >= 0.6 is 0 Å². The van der Waals surface area contributed by atoms with Crippen LogP contribution in [0.5, 0.6) is 0 Å². The largest absolute Gasteiger partial charge is 0.377 e. The van der Waals surface area contributed by atoms with Crippen LogP contribution < -0.4 is 5.73 Å². The fourth-order valence-corrected chi connectivity index (χ4v) is 3.39. The van der Waals surface area contributed by atoms with Crippen LogP contribution in [-0.2, 0) is 9.47 Å². The van der Waals surface area contributed by atoms with Gasteiger partial charge in [0.05, 0.1) is 11.7 Å². The molecule has 0 radical (unpaired) electrons. The topological polar surface area (TPSA) is 47.7 Å². The maximum atomic E-state index is 6.10. The summed E-state index contributed by atoms with van der Waals surface area (Å²) in [5.74, 6) is 0. The van der Waals surface area contributed by atoms with E-state index in [-0.39, 0.29) is 11.1 Å². The maximum absolute atomic E-state index is 6.10. The molecule has 106 valence electrons. The third kappa shape index (κ3) is 3.05. The van der Waals surface area contributed by atoms with E-state index >= 15 is 0 Å². The van der Waals surface area contributed by atoms with Gasteiger partial charge in [0, 0.05) is 31.8 Å². The van der Waals surface area contributed by atoms with Crippen LogP contribution in [0.3, 0.4) is 0 Å². The fraction of sp³-hybridized carbons (Fsp3) is 1.00. The Hall–Kier alpha value is -0.160. The van der Waals surface area contributed by atoms with E-state index in [4.69, 9.17) is 15.2 Å². The molecule has 2 heterocycles. The number of ether oxygens (including phenoxy) is 2. The van der Waals surface area contributed by atoms with Crippen molar-refractivity contribution in [3.63, 3.8) is 0 Å². The third-order valence-electron chi connectivity index (χ3n) is 4.51. The highest BCUT2D eigenvalue weighted by molar-refractivity contribution is 4.99. The second kappa shape index (κ2) is 5.45. The zero-order valence-electron chi connectivity index (χ0n) is 12.1. The van der Waals surface area contributed by atoms with Gasteiger partial charge in [0.15, 0.2) is 0 Å². The first-order valence-electron chi connectivity index (χ1n) is 7.14. The highest BCUT2D eigenvalue weighted by atomic mass is 16.5. The average Bonchev–Trinajstić information content (AvgIpc) is 2.80. The van der Waals surface area contributed by atoms with Gasteiger partial charge in [0.2, 0.25) is 0 Å². The van der Waals surface area contributed by atoms with E-state index in [0.29, 0.717) is 12.6 Å². The lowest BCUT2D eigenvalue weighted by Crippen LogP contribution is -2.60. The van der Waals surface area contributed by atoms with E-state index in [2.05, 4.69) is 25.8 Å². The molecule has 2 fully saturated rings. The van der Waals surface area contributed by atoms with Crippen LogP contribution in [0.1, 0.15) is 39.5 Å². The molecule has 18 heavy (non-hydrogen) atoms. The van der Waals surface area contributed by atoms with Crippen molar-refractivity contribution in [3.05, 3.63) is 0 Å². The fourth-order valence-electron chi connectivity index (χ4n) is 3.39. The van der Waals surface area contributed by atoms with Crippen LogP contribution in [0.4, 0.5) is 0 Å². The van der Waals surface area contributed by atoms with Crippen molar-refractivity contribution in [1.29, 1.82) is 0 Å². The zero-order chi connectivity index (χ0) is 13.2. The normalized spacial score (nSPS) is 36.2. The Kier molecular flexibility index (Phi) is 4.32. The van der Waals surface area contributed by atoms with Gasteiger partial charge in [-0.05, 0) is 46.6 Å². The van der Waals surface area contributed by atoms with Gasteiger partial charge in [-0.3, -0.25) is 4.90 Å². The van der Waals surface area contributed by atoms with E-state index in [1.165, 1.54) is 12.8 Å². The van der Waals surface area contributed by atoms with Crippen molar-refractivity contribution in [2.24, 2.45) is 5.73 Å². The van der Waals surface area contributed by atoms with Crippen molar-refractivity contribution < 1.29 is 9.47 Å². The van der Waals surface area contributed by atoms with Gasteiger partial charge in [-0.2, -0.15) is 0 Å². The van der Waals surface area contributed by atoms with Crippen molar-refractivity contribution in [1.82, 2.24) is 4.90 Å². The van der Waals surface area contributed by atoms with Gasteiger partial charge in [0.25, 0.3) is 0 Å². The zero-order valence-corrected chi connectivity index (χ0v) is 12.1. The molecule has 2 atom stereocenters.